The Morgan fingerprint density at radius 2 is 2.29 bits per heavy atom. The molecule has 4 heteroatoms. The highest BCUT2D eigenvalue weighted by molar-refractivity contribution is 9.10. The minimum atomic E-state index is -0.704. The van der Waals surface area contributed by atoms with Crippen LogP contribution in [0.5, 0.6) is 5.88 Å². The van der Waals surface area contributed by atoms with E-state index in [-0.39, 0.29) is 0 Å². The molecule has 0 aliphatic carbocycles. The first-order chi connectivity index (χ1) is 6.44. The number of halogens is 2. The highest BCUT2D eigenvalue weighted by Gasteiger charge is 2.18. The van der Waals surface area contributed by atoms with E-state index in [1.807, 2.05) is 0 Å². The molecule has 0 bridgehead atoms. The van der Waals surface area contributed by atoms with Gasteiger partial charge in [-0.25, -0.2) is 4.98 Å². The molecule has 0 fully saturated rings. The van der Waals surface area contributed by atoms with Crippen LogP contribution < -0.4 is 4.74 Å². The molecular formula is C10H9BrClNO. The van der Waals surface area contributed by atoms with Crippen LogP contribution in [0.25, 0.3) is 0 Å². The van der Waals surface area contributed by atoms with Crippen LogP contribution in [0.4, 0.5) is 0 Å². The normalized spacial score (nSPS) is 10.8. The van der Waals surface area contributed by atoms with Gasteiger partial charge >= 0.3 is 0 Å². The molecule has 1 aromatic heterocycles. The van der Waals surface area contributed by atoms with Crippen molar-refractivity contribution in [2.75, 3.05) is 0 Å². The van der Waals surface area contributed by atoms with E-state index in [1.54, 1.807) is 26.1 Å². The molecule has 0 unspecified atom stereocenters. The Labute approximate surface area is 96.8 Å². The van der Waals surface area contributed by atoms with E-state index in [4.69, 9.17) is 22.8 Å². The van der Waals surface area contributed by atoms with Crippen LogP contribution >= 0.6 is 27.5 Å². The van der Waals surface area contributed by atoms with E-state index in [0.717, 1.165) is 4.47 Å². The van der Waals surface area contributed by atoms with Crippen molar-refractivity contribution < 1.29 is 4.74 Å². The van der Waals surface area contributed by atoms with Crippen LogP contribution in [0, 0.1) is 12.3 Å². The zero-order valence-corrected chi connectivity index (χ0v) is 10.2. The number of aromatic nitrogens is 1. The number of nitrogens with zero attached hydrogens (tertiary/aromatic N) is 1. The van der Waals surface area contributed by atoms with Gasteiger partial charge in [-0.3, -0.25) is 0 Å². The summed E-state index contributed by atoms with van der Waals surface area (Å²) in [6.07, 6.45) is 6.88. The van der Waals surface area contributed by atoms with E-state index in [1.165, 1.54) is 0 Å². The molecule has 1 aromatic rings. The SMILES string of the molecule is C#CC(C)(C)Oc1ncc(Br)cc1Cl. The average molecular weight is 275 g/mol. The molecule has 0 spiro atoms. The molecule has 0 aromatic carbocycles. The van der Waals surface area contributed by atoms with Gasteiger partial charge in [0.1, 0.15) is 5.02 Å². The summed E-state index contributed by atoms with van der Waals surface area (Å²) < 4.78 is 6.24. The third-order valence-electron chi connectivity index (χ3n) is 1.47. The molecule has 0 saturated carbocycles. The Kier molecular flexibility index (Phi) is 3.41. The summed E-state index contributed by atoms with van der Waals surface area (Å²) in [7, 11) is 0. The van der Waals surface area contributed by atoms with Crippen molar-refractivity contribution in [3.63, 3.8) is 0 Å². The van der Waals surface area contributed by atoms with E-state index < -0.39 is 5.60 Å². The first kappa shape index (κ1) is 11.4. The van der Waals surface area contributed by atoms with Crippen molar-refractivity contribution >= 4 is 27.5 Å². The van der Waals surface area contributed by atoms with Crippen LogP contribution in [-0.2, 0) is 0 Å². The molecule has 0 N–H and O–H groups in total. The summed E-state index contributed by atoms with van der Waals surface area (Å²) in [5.74, 6) is 2.84. The maximum absolute atomic E-state index is 5.91. The summed E-state index contributed by atoms with van der Waals surface area (Å²) in [4.78, 5) is 4.01. The first-order valence-electron chi connectivity index (χ1n) is 3.92. The zero-order valence-electron chi connectivity index (χ0n) is 7.84. The number of ether oxygens (including phenoxy) is 1. The van der Waals surface area contributed by atoms with E-state index in [2.05, 4.69) is 26.8 Å². The summed E-state index contributed by atoms with van der Waals surface area (Å²) >= 11 is 9.16. The molecule has 2 nitrogen and oxygen atoms in total. The Morgan fingerprint density at radius 1 is 1.64 bits per heavy atom. The highest BCUT2D eigenvalue weighted by Crippen LogP contribution is 2.27. The Morgan fingerprint density at radius 3 is 2.79 bits per heavy atom. The van der Waals surface area contributed by atoms with E-state index in [9.17, 15) is 0 Å². The molecule has 74 valence electrons. The molecule has 0 radical (unpaired) electrons. The number of hydrogen-bond donors (Lipinski definition) is 0. The van der Waals surface area contributed by atoms with E-state index in [0.29, 0.717) is 10.9 Å². The summed E-state index contributed by atoms with van der Waals surface area (Å²) in [5.41, 5.74) is -0.704. The van der Waals surface area contributed by atoms with Crippen LogP contribution in [0.1, 0.15) is 13.8 Å². The summed E-state index contributed by atoms with van der Waals surface area (Å²) in [5, 5.41) is 0.433. The fourth-order valence-electron chi connectivity index (χ4n) is 0.748. The number of hydrogen-bond acceptors (Lipinski definition) is 2. The lowest BCUT2D eigenvalue weighted by Gasteiger charge is -2.19. The largest absolute Gasteiger partial charge is 0.457 e. The maximum Gasteiger partial charge on any atom is 0.234 e. The standard InChI is InChI=1S/C10H9BrClNO/c1-4-10(2,3)14-9-8(12)5-7(11)6-13-9/h1,5-6H,2-3H3. The van der Waals surface area contributed by atoms with Gasteiger partial charge in [0, 0.05) is 10.7 Å². The topological polar surface area (TPSA) is 22.1 Å². The summed E-state index contributed by atoms with van der Waals surface area (Å²) in [6, 6.07) is 1.70. The number of terminal acetylenes is 1. The lowest BCUT2D eigenvalue weighted by Crippen LogP contribution is -2.26. The third-order valence-corrected chi connectivity index (χ3v) is 2.18. The second-order valence-corrected chi connectivity index (χ2v) is 4.52. The molecule has 14 heavy (non-hydrogen) atoms. The molecule has 0 amide bonds. The van der Waals surface area contributed by atoms with Crippen LogP contribution in [0.15, 0.2) is 16.7 Å². The minimum Gasteiger partial charge on any atom is -0.457 e. The molecule has 0 saturated heterocycles. The van der Waals surface area contributed by atoms with Crippen molar-refractivity contribution in [2.45, 2.75) is 19.4 Å². The Bertz CT molecular complexity index is 384. The van der Waals surface area contributed by atoms with Gasteiger partial charge in [-0.1, -0.05) is 17.5 Å². The maximum atomic E-state index is 5.91. The van der Waals surface area contributed by atoms with Gasteiger partial charge < -0.3 is 4.74 Å². The quantitative estimate of drug-likeness (QED) is 0.772. The fraction of sp³-hybridized carbons (Fsp3) is 0.300. The van der Waals surface area contributed by atoms with Gasteiger partial charge in [0.05, 0.1) is 0 Å². The second-order valence-electron chi connectivity index (χ2n) is 3.20. The van der Waals surface area contributed by atoms with Gasteiger partial charge in [-0.15, -0.1) is 6.42 Å². The van der Waals surface area contributed by atoms with Gasteiger partial charge in [0.2, 0.25) is 5.88 Å². The van der Waals surface area contributed by atoms with Crippen LogP contribution in [-0.4, -0.2) is 10.6 Å². The Hall–Kier alpha value is -0.720. The Balaban J connectivity index is 2.94. The molecule has 0 atom stereocenters. The van der Waals surface area contributed by atoms with Crippen molar-refractivity contribution in [3.05, 3.63) is 21.8 Å². The van der Waals surface area contributed by atoms with Crippen molar-refractivity contribution in [1.29, 1.82) is 0 Å². The van der Waals surface area contributed by atoms with Crippen LogP contribution in [0.3, 0.4) is 0 Å². The number of rotatable bonds is 2. The predicted octanol–water partition coefficient (Wildman–Crippen LogP) is 3.29. The lowest BCUT2D eigenvalue weighted by atomic mass is 10.1. The fourth-order valence-corrected chi connectivity index (χ4v) is 1.42. The van der Waals surface area contributed by atoms with Gasteiger partial charge in [-0.05, 0) is 35.8 Å². The molecule has 0 aliphatic heterocycles. The zero-order chi connectivity index (χ0) is 10.8. The molecule has 1 rings (SSSR count). The minimum absolute atomic E-state index is 0.345. The van der Waals surface area contributed by atoms with Crippen LogP contribution in [0.2, 0.25) is 5.02 Å². The third kappa shape index (κ3) is 2.90. The summed E-state index contributed by atoms with van der Waals surface area (Å²) in [6.45, 7) is 3.54. The molecule has 1 heterocycles. The molecular weight excluding hydrogens is 265 g/mol. The van der Waals surface area contributed by atoms with Gasteiger partial charge in [0.25, 0.3) is 0 Å². The highest BCUT2D eigenvalue weighted by atomic mass is 79.9. The predicted molar refractivity (Wildman–Crippen MR) is 60.5 cm³/mol. The van der Waals surface area contributed by atoms with Crippen molar-refractivity contribution in [3.8, 4) is 18.2 Å². The number of pyridine rings is 1. The molecule has 0 aliphatic rings. The van der Waals surface area contributed by atoms with Crippen molar-refractivity contribution in [2.24, 2.45) is 0 Å². The van der Waals surface area contributed by atoms with Gasteiger partial charge in [-0.2, -0.15) is 0 Å². The second kappa shape index (κ2) is 4.20. The first-order valence-corrected chi connectivity index (χ1v) is 5.09. The monoisotopic (exact) mass is 273 g/mol. The average Bonchev–Trinajstić information content (AvgIpc) is 2.10. The lowest BCUT2D eigenvalue weighted by molar-refractivity contribution is 0.165. The van der Waals surface area contributed by atoms with E-state index >= 15 is 0 Å². The van der Waals surface area contributed by atoms with Crippen molar-refractivity contribution in [1.82, 2.24) is 4.98 Å². The van der Waals surface area contributed by atoms with Gasteiger partial charge in [0.15, 0.2) is 5.60 Å². The smallest absolute Gasteiger partial charge is 0.234 e.